The third kappa shape index (κ3) is 3.46. The van der Waals surface area contributed by atoms with Crippen LogP contribution in [-0.4, -0.2) is 3.42 Å². The lowest BCUT2D eigenvalue weighted by Crippen LogP contribution is -2.46. The Balaban J connectivity index is 1.92. The molecule has 0 amide bonds. The molecule has 6 unspecified atom stereocenters. The molecule has 3 aliphatic carbocycles. The molecular formula is C23H41I. The second kappa shape index (κ2) is 8.17. The summed E-state index contributed by atoms with van der Waals surface area (Å²) in [5.41, 5.74) is 0. The van der Waals surface area contributed by atoms with E-state index in [1.54, 1.807) is 25.7 Å². The van der Waals surface area contributed by atoms with Gasteiger partial charge in [-0.05, 0) is 73.5 Å². The van der Waals surface area contributed by atoms with Crippen molar-refractivity contribution in [2.45, 2.75) is 102 Å². The van der Waals surface area contributed by atoms with E-state index in [1.165, 1.54) is 44.9 Å². The Morgan fingerprint density at radius 1 is 0.833 bits per heavy atom. The van der Waals surface area contributed by atoms with E-state index < -0.39 is 0 Å². The average molecular weight is 444 g/mol. The SMILES string of the molecule is CCC(C)C(CCC(C)C)C1(I)C2CCCCC2C2CCCCC21. The van der Waals surface area contributed by atoms with Gasteiger partial charge in [0, 0.05) is 3.42 Å². The maximum atomic E-state index is 3.08. The minimum absolute atomic E-state index is 0.623. The maximum Gasteiger partial charge on any atom is 0.0314 e. The molecule has 0 aromatic rings. The van der Waals surface area contributed by atoms with E-state index in [9.17, 15) is 0 Å². The average Bonchev–Trinajstić information content (AvgIpc) is 2.85. The third-order valence-corrected chi connectivity index (χ3v) is 10.7. The molecule has 0 aliphatic heterocycles. The minimum Gasteiger partial charge on any atom is -0.0779 e. The lowest BCUT2D eigenvalue weighted by atomic mass is 9.66. The predicted molar refractivity (Wildman–Crippen MR) is 115 cm³/mol. The van der Waals surface area contributed by atoms with Crippen molar-refractivity contribution in [2.75, 3.05) is 0 Å². The molecule has 0 heterocycles. The van der Waals surface area contributed by atoms with Crippen molar-refractivity contribution < 1.29 is 0 Å². The predicted octanol–water partition coefficient (Wildman–Crippen LogP) is 7.89. The first kappa shape index (κ1) is 19.5. The number of hydrogen-bond acceptors (Lipinski definition) is 0. The van der Waals surface area contributed by atoms with Crippen molar-refractivity contribution in [1.82, 2.24) is 0 Å². The van der Waals surface area contributed by atoms with Gasteiger partial charge < -0.3 is 0 Å². The fourth-order valence-electron chi connectivity index (χ4n) is 7.01. The summed E-state index contributed by atoms with van der Waals surface area (Å²) in [5.74, 6) is 7.01. The van der Waals surface area contributed by atoms with Crippen LogP contribution in [0.25, 0.3) is 0 Å². The zero-order chi connectivity index (χ0) is 17.3. The molecule has 6 atom stereocenters. The van der Waals surface area contributed by atoms with E-state index in [-0.39, 0.29) is 0 Å². The Morgan fingerprint density at radius 2 is 1.33 bits per heavy atom. The molecule has 24 heavy (non-hydrogen) atoms. The second-order valence-electron chi connectivity index (χ2n) is 9.90. The van der Waals surface area contributed by atoms with E-state index in [0.29, 0.717) is 3.42 Å². The van der Waals surface area contributed by atoms with Crippen LogP contribution in [0.4, 0.5) is 0 Å². The highest BCUT2D eigenvalue weighted by Gasteiger charge is 2.61. The van der Waals surface area contributed by atoms with Crippen molar-refractivity contribution >= 4 is 22.6 Å². The topological polar surface area (TPSA) is 0 Å². The van der Waals surface area contributed by atoms with Crippen molar-refractivity contribution in [3.05, 3.63) is 0 Å². The van der Waals surface area contributed by atoms with E-state index >= 15 is 0 Å². The van der Waals surface area contributed by atoms with Crippen molar-refractivity contribution in [2.24, 2.45) is 41.4 Å². The van der Waals surface area contributed by atoms with Crippen LogP contribution >= 0.6 is 22.6 Å². The maximum absolute atomic E-state index is 3.08. The summed E-state index contributed by atoms with van der Waals surface area (Å²) in [6.45, 7) is 9.88. The molecule has 0 aromatic heterocycles. The van der Waals surface area contributed by atoms with Gasteiger partial charge in [0.2, 0.25) is 0 Å². The highest BCUT2D eigenvalue weighted by molar-refractivity contribution is 14.1. The zero-order valence-corrected chi connectivity index (χ0v) is 18.9. The van der Waals surface area contributed by atoms with Gasteiger partial charge >= 0.3 is 0 Å². The largest absolute Gasteiger partial charge is 0.0779 e. The van der Waals surface area contributed by atoms with E-state index in [2.05, 4.69) is 50.3 Å². The van der Waals surface area contributed by atoms with E-state index in [0.717, 1.165) is 41.4 Å². The standard InChI is InChI=1S/C23H41I/c1-5-17(4)20(15-14-16(2)3)23(24)21-12-8-6-10-18(21)19-11-7-9-13-22(19)23/h16-22H,5-15H2,1-4H3. The van der Waals surface area contributed by atoms with E-state index in [1.807, 2.05) is 0 Å². The molecule has 0 bridgehead atoms. The minimum atomic E-state index is 0.623. The van der Waals surface area contributed by atoms with Crippen molar-refractivity contribution in [3.63, 3.8) is 0 Å². The molecule has 0 aromatic carbocycles. The van der Waals surface area contributed by atoms with Gasteiger partial charge in [-0.15, -0.1) is 0 Å². The Labute approximate surface area is 165 Å². The highest BCUT2D eigenvalue weighted by Crippen LogP contribution is 2.66. The van der Waals surface area contributed by atoms with E-state index in [4.69, 9.17) is 0 Å². The Morgan fingerprint density at radius 3 is 1.79 bits per heavy atom. The Hall–Kier alpha value is 0.730. The summed E-state index contributed by atoms with van der Waals surface area (Å²) in [7, 11) is 0. The molecule has 3 saturated carbocycles. The molecule has 3 rings (SSSR count). The molecule has 140 valence electrons. The van der Waals surface area contributed by atoms with Gasteiger partial charge in [0.1, 0.15) is 0 Å². The molecule has 1 heteroatoms. The van der Waals surface area contributed by atoms with Crippen LogP contribution in [0.15, 0.2) is 0 Å². The number of alkyl halides is 1. The summed E-state index contributed by atoms with van der Waals surface area (Å²) in [5, 5.41) is 0. The quantitative estimate of drug-likeness (QED) is 0.289. The first-order valence-corrected chi connectivity index (χ1v) is 12.3. The molecule has 0 spiro atoms. The third-order valence-electron chi connectivity index (χ3n) is 8.28. The summed E-state index contributed by atoms with van der Waals surface area (Å²) < 4.78 is 0.623. The zero-order valence-electron chi connectivity index (χ0n) is 16.7. The highest BCUT2D eigenvalue weighted by atomic mass is 127. The fraction of sp³-hybridized carbons (Fsp3) is 1.00. The Kier molecular flexibility index (Phi) is 6.64. The second-order valence-corrected chi connectivity index (χ2v) is 11.8. The molecule has 3 aliphatic rings. The van der Waals surface area contributed by atoms with Gasteiger partial charge in [0.05, 0.1) is 0 Å². The smallest absolute Gasteiger partial charge is 0.0314 e. The van der Waals surface area contributed by atoms with Crippen LogP contribution in [-0.2, 0) is 0 Å². The number of halogens is 1. The van der Waals surface area contributed by atoms with Gasteiger partial charge in [-0.2, -0.15) is 0 Å². The van der Waals surface area contributed by atoms with Crippen molar-refractivity contribution in [1.29, 1.82) is 0 Å². The number of hydrogen-bond donors (Lipinski definition) is 0. The summed E-state index contributed by atoms with van der Waals surface area (Å²) in [4.78, 5) is 0. The van der Waals surface area contributed by atoms with Crippen LogP contribution in [0.3, 0.4) is 0 Å². The molecular weight excluding hydrogens is 403 g/mol. The van der Waals surface area contributed by atoms with Gasteiger partial charge in [-0.1, -0.05) is 88.8 Å². The first-order valence-electron chi connectivity index (χ1n) is 11.2. The number of rotatable bonds is 6. The summed E-state index contributed by atoms with van der Waals surface area (Å²) in [6.07, 6.45) is 16.6. The molecule has 0 radical (unpaired) electrons. The summed E-state index contributed by atoms with van der Waals surface area (Å²) in [6, 6.07) is 0. The van der Waals surface area contributed by atoms with Crippen molar-refractivity contribution in [3.8, 4) is 0 Å². The van der Waals surface area contributed by atoms with Gasteiger partial charge in [-0.25, -0.2) is 0 Å². The Bertz CT molecular complexity index is 379. The molecule has 3 fully saturated rings. The van der Waals surface area contributed by atoms with Crippen LogP contribution in [0.1, 0.15) is 98.3 Å². The van der Waals surface area contributed by atoms with Gasteiger partial charge in [0.15, 0.2) is 0 Å². The lowest BCUT2D eigenvalue weighted by Gasteiger charge is -2.47. The lowest BCUT2D eigenvalue weighted by molar-refractivity contribution is 0.142. The molecule has 0 N–H and O–H groups in total. The molecule has 0 saturated heterocycles. The van der Waals surface area contributed by atoms with Crippen LogP contribution < -0.4 is 0 Å². The normalized spacial score (nSPS) is 41.8. The van der Waals surface area contributed by atoms with Crippen LogP contribution in [0, 0.1) is 41.4 Å². The van der Waals surface area contributed by atoms with Crippen LogP contribution in [0.2, 0.25) is 0 Å². The first-order chi connectivity index (χ1) is 11.5. The summed E-state index contributed by atoms with van der Waals surface area (Å²) >= 11 is 3.08. The van der Waals surface area contributed by atoms with Gasteiger partial charge in [0.25, 0.3) is 0 Å². The fourth-order valence-corrected chi connectivity index (χ4v) is 9.48. The number of fused-ring (bicyclic) bond motifs is 3. The monoisotopic (exact) mass is 444 g/mol. The van der Waals surface area contributed by atoms with Crippen LogP contribution in [0.5, 0.6) is 0 Å². The molecule has 0 nitrogen and oxygen atoms in total. The van der Waals surface area contributed by atoms with Gasteiger partial charge in [-0.3, -0.25) is 0 Å².